The lowest BCUT2D eigenvalue weighted by atomic mass is 9.67. The first kappa shape index (κ1) is 16.0. The van der Waals surface area contributed by atoms with Gasteiger partial charge in [-0.25, -0.2) is 4.39 Å². The first-order valence-corrected chi connectivity index (χ1v) is 8.15. The Bertz CT molecular complexity index is 470. The van der Waals surface area contributed by atoms with E-state index in [1.807, 2.05) is 0 Å². The van der Waals surface area contributed by atoms with Gasteiger partial charge in [-0.15, -0.1) is 0 Å². The Morgan fingerprint density at radius 3 is 2.40 bits per heavy atom. The molecular weight excluding hydrogens is 319 g/mol. The van der Waals surface area contributed by atoms with Gasteiger partial charge in [-0.05, 0) is 70.6 Å². The Hall–Kier alpha value is -0.410. The molecule has 0 atom stereocenters. The lowest BCUT2D eigenvalue weighted by molar-refractivity contribution is -0.0245. The van der Waals surface area contributed by atoms with Crippen LogP contribution in [0.3, 0.4) is 0 Å². The monoisotopic (exact) mass is 342 g/mol. The molecule has 0 heterocycles. The molecule has 112 valence electrons. The second kappa shape index (κ2) is 5.76. The smallest absolute Gasteiger partial charge is 0.137 e. The number of hydrogen-bond acceptors (Lipinski definition) is 1. The highest BCUT2D eigenvalue weighted by atomic mass is 79.9. The minimum atomic E-state index is -0.626. The third-order valence-electron chi connectivity index (χ3n) is 4.66. The molecule has 20 heavy (non-hydrogen) atoms. The Morgan fingerprint density at radius 2 is 1.90 bits per heavy atom. The molecule has 3 heteroatoms. The van der Waals surface area contributed by atoms with Crippen LogP contribution in [0, 0.1) is 17.2 Å². The lowest BCUT2D eigenvalue weighted by Gasteiger charge is -2.41. The van der Waals surface area contributed by atoms with E-state index in [1.165, 1.54) is 6.07 Å². The van der Waals surface area contributed by atoms with Gasteiger partial charge in [-0.1, -0.05) is 26.8 Å². The van der Waals surface area contributed by atoms with E-state index < -0.39 is 5.60 Å². The molecule has 0 radical (unpaired) electrons. The average molecular weight is 343 g/mol. The Labute approximate surface area is 129 Å². The Morgan fingerprint density at radius 1 is 1.30 bits per heavy atom. The SMILES string of the molecule is CC(C)(C)C1CCC(O)(Cc2ccc(F)c(Br)c2)CC1. The Balaban J connectivity index is 2.01. The molecule has 0 unspecified atom stereocenters. The van der Waals surface area contributed by atoms with Crippen molar-refractivity contribution in [3.05, 3.63) is 34.1 Å². The third-order valence-corrected chi connectivity index (χ3v) is 5.27. The molecule has 0 amide bonds. The molecule has 1 aromatic carbocycles. The number of halogens is 2. The van der Waals surface area contributed by atoms with Gasteiger partial charge in [-0.2, -0.15) is 0 Å². The quantitative estimate of drug-likeness (QED) is 0.792. The second-order valence-corrected chi connectivity index (χ2v) is 8.14. The summed E-state index contributed by atoms with van der Waals surface area (Å²) in [6, 6.07) is 5.01. The van der Waals surface area contributed by atoms with E-state index in [2.05, 4.69) is 36.7 Å². The maximum Gasteiger partial charge on any atom is 0.137 e. The standard InChI is InChI=1S/C17H24BrFO/c1-16(2,3)13-6-8-17(20,9-7-13)11-12-4-5-15(19)14(18)10-12/h4-5,10,13,20H,6-9,11H2,1-3H3. The van der Waals surface area contributed by atoms with Gasteiger partial charge in [0, 0.05) is 6.42 Å². The van der Waals surface area contributed by atoms with Crippen molar-refractivity contribution in [2.75, 3.05) is 0 Å². The van der Waals surface area contributed by atoms with Crippen LogP contribution in [0.1, 0.15) is 52.0 Å². The Kier molecular flexibility index (Phi) is 4.60. The van der Waals surface area contributed by atoms with Crippen LogP contribution in [0.5, 0.6) is 0 Å². The number of aliphatic hydroxyl groups is 1. The number of rotatable bonds is 2. The van der Waals surface area contributed by atoms with E-state index >= 15 is 0 Å². The topological polar surface area (TPSA) is 20.2 Å². The molecule has 2 rings (SSSR count). The summed E-state index contributed by atoms with van der Waals surface area (Å²) in [6.07, 6.45) is 4.43. The van der Waals surface area contributed by atoms with E-state index in [4.69, 9.17) is 0 Å². The molecule has 0 saturated heterocycles. The van der Waals surface area contributed by atoms with Crippen LogP contribution >= 0.6 is 15.9 Å². The summed E-state index contributed by atoms with van der Waals surface area (Å²) >= 11 is 3.21. The van der Waals surface area contributed by atoms with Crippen molar-refractivity contribution in [3.63, 3.8) is 0 Å². The molecule has 0 bridgehead atoms. The maximum atomic E-state index is 13.2. The zero-order valence-corrected chi connectivity index (χ0v) is 14.1. The van der Waals surface area contributed by atoms with Crippen LogP contribution in [-0.4, -0.2) is 10.7 Å². The summed E-state index contributed by atoms with van der Waals surface area (Å²) in [4.78, 5) is 0. The van der Waals surface area contributed by atoms with Crippen LogP contribution < -0.4 is 0 Å². The van der Waals surface area contributed by atoms with Crippen LogP contribution in [0.4, 0.5) is 4.39 Å². The van der Waals surface area contributed by atoms with Gasteiger partial charge in [0.1, 0.15) is 5.82 Å². The largest absolute Gasteiger partial charge is 0.390 e. The van der Waals surface area contributed by atoms with Crippen LogP contribution in [-0.2, 0) is 6.42 Å². The van der Waals surface area contributed by atoms with Crippen molar-refractivity contribution in [1.29, 1.82) is 0 Å². The fourth-order valence-electron chi connectivity index (χ4n) is 3.23. The van der Waals surface area contributed by atoms with Crippen molar-refractivity contribution in [3.8, 4) is 0 Å². The summed E-state index contributed by atoms with van der Waals surface area (Å²) in [5.41, 5.74) is 0.689. The lowest BCUT2D eigenvalue weighted by Crippen LogP contribution is -2.39. The van der Waals surface area contributed by atoms with Gasteiger partial charge in [-0.3, -0.25) is 0 Å². The van der Waals surface area contributed by atoms with Crippen molar-refractivity contribution in [1.82, 2.24) is 0 Å². The molecular formula is C17H24BrFO. The predicted octanol–water partition coefficient (Wildman–Crippen LogP) is 5.10. The number of hydrogen-bond donors (Lipinski definition) is 1. The molecule has 0 aromatic heterocycles. The summed E-state index contributed by atoms with van der Waals surface area (Å²) in [7, 11) is 0. The van der Waals surface area contributed by atoms with Crippen LogP contribution in [0.15, 0.2) is 22.7 Å². The summed E-state index contributed by atoms with van der Waals surface area (Å²) in [5.74, 6) is 0.430. The van der Waals surface area contributed by atoms with Crippen LogP contribution in [0.25, 0.3) is 0 Å². The zero-order chi connectivity index (χ0) is 15.0. The van der Waals surface area contributed by atoms with Crippen molar-refractivity contribution >= 4 is 15.9 Å². The first-order valence-electron chi connectivity index (χ1n) is 7.36. The fraction of sp³-hybridized carbons (Fsp3) is 0.647. The molecule has 0 aliphatic heterocycles. The van der Waals surface area contributed by atoms with Crippen LogP contribution in [0.2, 0.25) is 0 Å². The second-order valence-electron chi connectivity index (χ2n) is 7.29. The van der Waals surface area contributed by atoms with E-state index in [0.717, 1.165) is 31.2 Å². The minimum Gasteiger partial charge on any atom is -0.390 e. The van der Waals surface area contributed by atoms with Gasteiger partial charge in [0.2, 0.25) is 0 Å². The highest BCUT2D eigenvalue weighted by Crippen LogP contribution is 2.42. The van der Waals surface area contributed by atoms with E-state index in [-0.39, 0.29) is 5.82 Å². The first-order chi connectivity index (χ1) is 9.20. The minimum absolute atomic E-state index is 0.253. The zero-order valence-electron chi connectivity index (χ0n) is 12.5. The molecule has 0 spiro atoms. The maximum absolute atomic E-state index is 13.2. The molecule has 1 aliphatic rings. The van der Waals surface area contributed by atoms with Gasteiger partial charge in [0.15, 0.2) is 0 Å². The van der Waals surface area contributed by atoms with Gasteiger partial charge < -0.3 is 5.11 Å². The third kappa shape index (κ3) is 3.82. The van der Waals surface area contributed by atoms with E-state index in [0.29, 0.717) is 22.2 Å². The predicted molar refractivity (Wildman–Crippen MR) is 84.2 cm³/mol. The van der Waals surface area contributed by atoms with E-state index in [9.17, 15) is 9.50 Å². The molecule has 1 aliphatic carbocycles. The molecule has 1 N–H and O–H groups in total. The molecule has 1 fully saturated rings. The highest BCUT2D eigenvalue weighted by Gasteiger charge is 2.37. The van der Waals surface area contributed by atoms with Gasteiger partial charge in [0.05, 0.1) is 10.1 Å². The van der Waals surface area contributed by atoms with Crippen molar-refractivity contribution < 1.29 is 9.50 Å². The fourth-order valence-corrected chi connectivity index (χ4v) is 3.65. The highest BCUT2D eigenvalue weighted by molar-refractivity contribution is 9.10. The molecule has 1 nitrogen and oxygen atoms in total. The summed E-state index contributed by atoms with van der Waals surface area (Å²) in [5, 5.41) is 10.8. The summed E-state index contributed by atoms with van der Waals surface area (Å²) < 4.78 is 13.7. The normalized spacial score (nSPS) is 27.6. The molecule has 1 saturated carbocycles. The number of benzene rings is 1. The summed E-state index contributed by atoms with van der Waals surface area (Å²) in [6.45, 7) is 6.83. The van der Waals surface area contributed by atoms with Crippen molar-refractivity contribution in [2.24, 2.45) is 11.3 Å². The van der Waals surface area contributed by atoms with Crippen molar-refractivity contribution in [2.45, 2.75) is 58.5 Å². The average Bonchev–Trinajstić information content (AvgIpc) is 2.33. The van der Waals surface area contributed by atoms with Gasteiger partial charge in [0.25, 0.3) is 0 Å². The van der Waals surface area contributed by atoms with E-state index in [1.54, 1.807) is 12.1 Å². The molecule has 1 aromatic rings. The van der Waals surface area contributed by atoms with Gasteiger partial charge >= 0.3 is 0 Å².